The molecular formula is C8H27NO7S. The molecule has 0 rings (SSSR count). The molecule has 0 saturated carbocycles. The molecule has 0 spiro atoms. The summed E-state index contributed by atoms with van der Waals surface area (Å²) in [5.41, 5.74) is 0. The maximum Gasteiger partial charge on any atom is 0.217 e. The van der Waals surface area contributed by atoms with Crippen LogP contribution in [-0.2, 0) is 14.6 Å². The minimum Gasteiger partial charge on any atom is -0.726 e. The molecule has 0 unspecified atom stereocenters. The average molecular weight is 281 g/mol. The zero-order valence-electron chi connectivity index (χ0n) is 11.2. The van der Waals surface area contributed by atoms with E-state index in [0.29, 0.717) is 0 Å². The van der Waals surface area contributed by atoms with Crippen molar-refractivity contribution in [2.75, 3.05) is 26.4 Å². The molecule has 0 heterocycles. The molecule has 8 nitrogen and oxygen atoms in total. The van der Waals surface area contributed by atoms with Crippen LogP contribution in [0.25, 0.3) is 0 Å². The highest BCUT2D eigenvalue weighted by atomic mass is 32.3. The molecule has 0 radical (unpaired) electrons. The van der Waals surface area contributed by atoms with E-state index in [0.717, 1.165) is 0 Å². The summed E-state index contributed by atoms with van der Waals surface area (Å²) in [5, 5.41) is 22.7. The third kappa shape index (κ3) is 215. The molecule has 7 N–H and O–H groups in total. The third-order valence-corrected chi connectivity index (χ3v) is 0.787. The van der Waals surface area contributed by atoms with E-state index in [1.807, 2.05) is 0 Å². The van der Waals surface area contributed by atoms with E-state index in [1.165, 1.54) is 6.92 Å². The molecule has 112 valence electrons. The molecule has 0 aromatic heterocycles. The van der Waals surface area contributed by atoms with Crippen molar-refractivity contribution in [2.45, 2.75) is 27.7 Å². The molecule has 0 aliphatic carbocycles. The zero-order chi connectivity index (χ0) is 14.0. The topological polar surface area (TPSA) is 164 Å². The quantitative estimate of drug-likeness (QED) is 0.404. The fourth-order valence-corrected chi connectivity index (χ4v) is 0.433. The molecule has 0 fully saturated rings. The van der Waals surface area contributed by atoms with Crippen molar-refractivity contribution >= 4 is 10.4 Å². The molecule has 0 amide bonds. The lowest BCUT2D eigenvalue weighted by molar-refractivity contribution is 0.275. The molecule has 0 atom stereocenters. The van der Waals surface area contributed by atoms with Gasteiger partial charge in [-0.2, -0.15) is 0 Å². The Hall–Kier alpha value is -0.290. The van der Waals surface area contributed by atoms with Gasteiger partial charge >= 0.3 is 0 Å². The minimum atomic E-state index is -4.42. The van der Waals surface area contributed by atoms with E-state index < -0.39 is 10.4 Å². The minimum absolute atomic E-state index is 0. The van der Waals surface area contributed by atoms with E-state index in [-0.39, 0.29) is 32.6 Å². The van der Waals surface area contributed by atoms with Crippen molar-refractivity contribution in [3.63, 3.8) is 0 Å². The lowest BCUT2D eigenvalue weighted by atomic mass is 10.9. The smallest absolute Gasteiger partial charge is 0.217 e. The molecule has 17 heavy (non-hydrogen) atoms. The van der Waals surface area contributed by atoms with E-state index in [4.69, 9.17) is 15.3 Å². The summed E-state index contributed by atoms with van der Waals surface area (Å²) < 4.78 is 32.0. The molecule has 9 heteroatoms. The highest BCUT2D eigenvalue weighted by Crippen LogP contribution is 1.80. The van der Waals surface area contributed by atoms with Crippen LogP contribution in [0, 0.1) is 0 Å². The molecule has 0 aliphatic heterocycles. The van der Waals surface area contributed by atoms with E-state index in [2.05, 4.69) is 4.18 Å². The first-order chi connectivity index (χ1) is 7.30. The lowest BCUT2D eigenvalue weighted by Gasteiger charge is -2.02. The highest BCUT2D eigenvalue weighted by molar-refractivity contribution is 7.80. The highest BCUT2D eigenvalue weighted by Gasteiger charge is 1.85. The van der Waals surface area contributed by atoms with Gasteiger partial charge in [-0.3, -0.25) is 4.18 Å². The fraction of sp³-hybridized carbons (Fsp3) is 1.00. The summed E-state index contributed by atoms with van der Waals surface area (Å²) in [6, 6.07) is 0. The van der Waals surface area contributed by atoms with Crippen LogP contribution in [-0.4, -0.2) is 54.7 Å². The van der Waals surface area contributed by atoms with Crippen LogP contribution in [0.5, 0.6) is 0 Å². The van der Waals surface area contributed by atoms with Gasteiger partial charge < -0.3 is 26.0 Å². The van der Waals surface area contributed by atoms with Crippen molar-refractivity contribution in [3.8, 4) is 0 Å². The largest absolute Gasteiger partial charge is 0.726 e. The van der Waals surface area contributed by atoms with Gasteiger partial charge in [0.1, 0.15) is 0 Å². The summed E-state index contributed by atoms with van der Waals surface area (Å²) in [6.07, 6.45) is 0. The van der Waals surface area contributed by atoms with Gasteiger partial charge in [-0.05, 0) is 27.7 Å². The summed E-state index contributed by atoms with van der Waals surface area (Å²) in [7, 11) is -4.42. The molecule has 0 bridgehead atoms. The van der Waals surface area contributed by atoms with E-state index >= 15 is 0 Å². The van der Waals surface area contributed by atoms with Gasteiger partial charge in [0.25, 0.3) is 0 Å². The lowest BCUT2D eigenvalue weighted by Crippen LogP contribution is -2.02. The molecule has 0 aromatic carbocycles. The SMILES string of the molecule is CCO.CCO.CCO.CCOS(=O)(=O)[O-].[NH4+]. The first-order valence-electron chi connectivity index (χ1n) is 4.73. The number of aliphatic hydroxyl groups is 3. The van der Waals surface area contributed by atoms with Gasteiger partial charge in [-0.1, -0.05) is 0 Å². The second-order valence-corrected chi connectivity index (χ2v) is 2.82. The predicted octanol–water partition coefficient (Wildman–Crippen LogP) is -0.145. The summed E-state index contributed by atoms with van der Waals surface area (Å²) in [4.78, 5) is 0. The maximum absolute atomic E-state index is 9.45. The van der Waals surface area contributed by atoms with Gasteiger partial charge in [0.15, 0.2) is 0 Å². The Kier molecular flexibility index (Phi) is 52.4. The Labute approximate surface area is 104 Å². The first kappa shape index (κ1) is 30.1. The number of hydrogen-bond donors (Lipinski definition) is 4. The summed E-state index contributed by atoms with van der Waals surface area (Å²) in [6.45, 7) is 7.13. The standard InChI is InChI=1S/C2H6O4S.3C2H6O.H3N/c1-2-6-7(3,4)5;3*1-2-3;/h2H2,1H3,(H,3,4,5);3*3H,2H2,1H3;1H3. The zero-order valence-corrected chi connectivity index (χ0v) is 12.0. The van der Waals surface area contributed by atoms with Crippen LogP contribution in [0.4, 0.5) is 0 Å². The summed E-state index contributed by atoms with van der Waals surface area (Å²) >= 11 is 0. The van der Waals surface area contributed by atoms with Gasteiger partial charge in [0.2, 0.25) is 10.4 Å². The van der Waals surface area contributed by atoms with Gasteiger partial charge in [0, 0.05) is 19.8 Å². The Morgan fingerprint density at radius 1 is 0.941 bits per heavy atom. The molecule has 0 aliphatic rings. The molecule has 0 aromatic rings. The second kappa shape index (κ2) is 29.6. The number of hydrogen-bond acceptors (Lipinski definition) is 7. The average Bonchev–Trinajstić information content (AvgIpc) is 2.05. The monoisotopic (exact) mass is 281 g/mol. The van der Waals surface area contributed by atoms with Crippen LogP contribution in [0.15, 0.2) is 0 Å². The van der Waals surface area contributed by atoms with Crippen LogP contribution in [0.3, 0.4) is 0 Å². The van der Waals surface area contributed by atoms with Crippen molar-refractivity contribution in [2.24, 2.45) is 0 Å². The van der Waals surface area contributed by atoms with Crippen LogP contribution in [0.1, 0.15) is 27.7 Å². The molecular weight excluding hydrogens is 254 g/mol. The number of aliphatic hydroxyl groups excluding tert-OH is 3. The van der Waals surface area contributed by atoms with Crippen molar-refractivity contribution in [1.82, 2.24) is 6.15 Å². The fourth-order valence-electron chi connectivity index (χ4n) is 0.144. The number of quaternary nitrogens is 1. The van der Waals surface area contributed by atoms with E-state index in [9.17, 15) is 13.0 Å². The van der Waals surface area contributed by atoms with Gasteiger partial charge in [-0.25, -0.2) is 8.42 Å². The van der Waals surface area contributed by atoms with Gasteiger partial charge in [-0.15, -0.1) is 0 Å². The first-order valence-corrected chi connectivity index (χ1v) is 6.07. The Morgan fingerprint density at radius 2 is 1.12 bits per heavy atom. The Morgan fingerprint density at radius 3 is 1.12 bits per heavy atom. The van der Waals surface area contributed by atoms with Gasteiger partial charge in [0.05, 0.1) is 6.61 Å². The molecule has 0 saturated heterocycles. The predicted molar refractivity (Wildman–Crippen MR) is 65.6 cm³/mol. The Balaban J connectivity index is -0.0000000411. The normalized spacial score (nSPS) is 8.00. The van der Waals surface area contributed by atoms with Crippen LogP contribution < -0.4 is 6.15 Å². The maximum atomic E-state index is 9.45. The summed E-state index contributed by atoms with van der Waals surface area (Å²) in [5.74, 6) is 0. The Bertz CT molecular complexity index is 168. The van der Waals surface area contributed by atoms with Crippen molar-refractivity contribution in [3.05, 3.63) is 0 Å². The van der Waals surface area contributed by atoms with Crippen molar-refractivity contribution in [1.29, 1.82) is 0 Å². The third-order valence-electron chi connectivity index (χ3n) is 0.262. The van der Waals surface area contributed by atoms with Crippen LogP contribution in [0.2, 0.25) is 0 Å². The number of rotatable bonds is 2. The second-order valence-electron chi connectivity index (χ2n) is 1.76. The van der Waals surface area contributed by atoms with Crippen LogP contribution >= 0.6 is 0 Å². The van der Waals surface area contributed by atoms with Crippen molar-refractivity contribution < 1.29 is 32.5 Å². The van der Waals surface area contributed by atoms with E-state index in [1.54, 1.807) is 20.8 Å².